The molecule has 0 aliphatic heterocycles. The Labute approximate surface area is 120 Å². The van der Waals surface area contributed by atoms with Gasteiger partial charge in [0.05, 0.1) is 26.1 Å². The molecule has 2 rings (SSSR count). The highest BCUT2D eigenvalue weighted by Crippen LogP contribution is 2.24. The van der Waals surface area contributed by atoms with E-state index in [1.165, 1.54) is 0 Å². The Bertz CT molecular complexity index is 544. The maximum Gasteiger partial charge on any atom is 0.213 e. The van der Waals surface area contributed by atoms with Gasteiger partial charge >= 0.3 is 0 Å². The minimum Gasteiger partial charge on any atom is -0.496 e. The van der Waals surface area contributed by atoms with Gasteiger partial charge in [0.15, 0.2) is 0 Å². The second-order valence-corrected chi connectivity index (χ2v) is 4.81. The number of pyridine rings is 1. The second kappa shape index (κ2) is 6.43. The van der Waals surface area contributed by atoms with Crippen molar-refractivity contribution in [3.63, 3.8) is 0 Å². The summed E-state index contributed by atoms with van der Waals surface area (Å²) in [5.74, 6) is 1.46. The molecule has 0 saturated heterocycles. The van der Waals surface area contributed by atoms with Crippen molar-refractivity contribution >= 4 is 21.6 Å². The fourth-order valence-electron chi connectivity index (χ4n) is 1.69. The van der Waals surface area contributed by atoms with Gasteiger partial charge in [-0.15, -0.1) is 0 Å². The molecule has 0 aliphatic carbocycles. The van der Waals surface area contributed by atoms with Gasteiger partial charge in [0.2, 0.25) is 5.88 Å². The van der Waals surface area contributed by atoms with E-state index in [-0.39, 0.29) is 0 Å². The number of rotatable bonds is 5. The monoisotopic (exact) mass is 322 g/mol. The van der Waals surface area contributed by atoms with Gasteiger partial charge < -0.3 is 14.8 Å². The standard InChI is InChI=1S/C14H15BrN2O2/c1-18-13-5-3-11(15)7-10(13)8-16-12-4-6-14(19-2)17-9-12/h3-7,9,16H,8H2,1-2H3. The van der Waals surface area contributed by atoms with Crippen molar-refractivity contribution < 1.29 is 9.47 Å². The third-order valence-corrected chi connectivity index (χ3v) is 3.16. The maximum atomic E-state index is 5.33. The SMILES string of the molecule is COc1ccc(NCc2cc(Br)ccc2OC)cn1. The van der Waals surface area contributed by atoms with Crippen LogP contribution < -0.4 is 14.8 Å². The van der Waals surface area contributed by atoms with Crippen LogP contribution in [0.3, 0.4) is 0 Å². The van der Waals surface area contributed by atoms with Crippen molar-refractivity contribution in [1.82, 2.24) is 4.98 Å². The van der Waals surface area contributed by atoms with Crippen LogP contribution in [0.15, 0.2) is 41.0 Å². The Balaban J connectivity index is 2.07. The Kier molecular flexibility index (Phi) is 4.63. The molecule has 0 radical (unpaired) electrons. The second-order valence-electron chi connectivity index (χ2n) is 3.90. The van der Waals surface area contributed by atoms with Gasteiger partial charge in [0, 0.05) is 22.6 Å². The number of hydrogen-bond donors (Lipinski definition) is 1. The lowest BCUT2D eigenvalue weighted by Crippen LogP contribution is -2.02. The molecule has 0 unspecified atom stereocenters. The topological polar surface area (TPSA) is 43.4 Å². The zero-order chi connectivity index (χ0) is 13.7. The summed E-state index contributed by atoms with van der Waals surface area (Å²) in [6, 6.07) is 9.67. The number of aromatic nitrogens is 1. The molecule has 0 aliphatic rings. The summed E-state index contributed by atoms with van der Waals surface area (Å²) in [6.45, 7) is 0.663. The van der Waals surface area contributed by atoms with Crippen molar-refractivity contribution in [2.75, 3.05) is 19.5 Å². The molecule has 1 N–H and O–H groups in total. The molecule has 100 valence electrons. The van der Waals surface area contributed by atoms with Gasteiger partial charge in [0.1, 0.15) is 5.75 Å². The molecule has 0 saturated carbocycles. The lowest BCUT2D eigenvalue weighted by molar-refractivity contribution is 0.398. The average molecular weight is 323 g/mol. The highest BCUT2D eigenvalue weighted by molar-refractivity contribution is 9.10. The molecule has 0 spiro atoms. The Morgan fingerprint density at radius 2 is 2.00 bits per heavy atom. The maximum absolute atomic E-state index is 5.33. The van der Waals surface area contributed by atoms with Crippen LogP contribution in [0.4, 0.5) is 5.69 Å². The molecular weight excluding hydrogens is 308 g/mol. The van der Waals surface area contributed by atoms with Crippen LogP contribution >= 0.6 is 15.9 Å². The fourth-order valence-corrected chi connectivity index (χ4v) is 2.10. The number of methoxy groups -OCH3 is 2. The van der Waals surface area contributed by atoms with Gasteiger partial charge in [-0.25, -0.2) is 4.98 Å². The van der Waals surface area contributed by atoms with E-state index in [4.69, 9.17) is 9.47 Å². The van der Waals surface area contributed by atoms with E-state index >= 15 is 0 Å². The molecule has 19 heavy (non-hydrogen) atoms. The highest BCUT2D eigenvalue weighted by atomic mass is 79.9. The molecule has 0 bridgehead atoms. The van der Waals surface area contributed by atoms with Crippen LogP contribution in [0.1, 0.15) is 5.56 Å². The van der Waals surface area contributed by atoms with E-state index in [2.05, 4.69) is 26.2 Å². The minimum atomic E-state index is 0.602. The summed E-state index contributed by atoms with van der Waals surface area (Å²) in [5, 5.41) is 3.30. The zero-order valence-electron chi connectivity index (χ0n) is 10.8. The van der Waals surface area contributed by atoms with Crippen LogP contribution in [-0.4, -0.2) is 19.2 Å². The van der Waals surface area contributed by atoms with Gasteiger partial charge in [-0.3, -0.25) is 0 Å². The Morgan fingerprint density at radius 3 is 2.63 bits per heavy atom. The summed E-state index contributed by atoms with van der Waals surface area (Å²) < 4.78 is 11.4. The summed E-state index contributed by atoms with van der Waals surface area (Å²) >= 11 is 3.46. The fraction of sp³-hybridized carbons (Fsp3) is 0.214. The van der Waals surface area contributed by atoms with Crippen molar-refractivity contribution in [3.8, 4) is 11.6 Å². The molecule has 0 atom stereocenters. The first-order chi connectivity index (χ1) is 9.22. The molecule has 1 aromatic carbocycles. The molecule has 5 heteroatoms. The molecule has 4 nitrogen and oxygen atoms in total. The first-order valence-corrected chi connectivity index (χ1v) is 6.58. The predicted molar refractivity (Wildman–Crippen MR) is 78.8 cm³/mol. The number of hydrogen-bond acceptors (Lipinski definition) is 4. The van der Waals surface area contributed by atoms with Crippen LogP contribution in [0, 0.1) is 0 Å². The predicted octanol–water partition coefficient (Wildman–Crippen LogP) is 3.47. The Hall–Kier alpha value is -1.75. The number of nitrogens with one attached hydrogen (secondary N) is 1. The molecular formula is C14H15BrN2O2. The summed E-state index contributed by atoms with van der Waals surface area (Å²) in [5.41, 5.74) is 2.01. The summed E-state index contributed by atoms with van der Waals surface area (Å²) in [7, 11) is 3.27. The van der Waals surface area contributed by atoms with Crippen LogP contribution in [-0.2, 0) is 6.54 Å². The van der Waals surface area contributed by atoms with E-state index in [1.807, 2.05) is 30.3 Å². The highest BCUT2D eigenvalue weighted by Gasteiger charge is 2.04. The minimum absolute atomic E-state index is 0.602. The van der Waals surface area contributed by atoms with Gasteiger partial charge in [-0.05, 0) is 24.3 Å². The average Bonchev–Trinajstić information content (AvgIpc) is 2.46. The van der Waals surface area contributed by atoms with Crippen LogP contribution in [0.5, 0.6) is 11.6 Å². The number of halogens is 1. The van der Waals surface area contributed by atoms with Crippen LogP contribution in [0.2, 0.25) is 0 Å². The number of ether oxygens (including phenoxy) is 2. The third-order valence-electron chi connectivity index (χ3n) is 2.67. The molecule has 2 aromatic rings. The van der Waals surface area contributed by atoms with Crippen molar-refractivity contribution in [3.05, 3.63) is 46.6 Å². The van der Waals surface area contributed by atoms with Crippen molar-refractivity contribution in [1.29, 1.82) is 0 Å². The molecule has 1 heterocycles. The van der Waals surface area contributed by atoms with Gasteiger partial charge in [-0.1, -0.05) is 15.9 Å². The number of nitrogens with zero attached hydrogens (tertiary/aromatic N) is 1. The first-order valence-electron chi connectivity index (χ1n) is 5.79. The van der Waals surface area contributed by atoms with E-state index in [9.17, 15) is 0 Å². The van der Waals surface area contributed by atoms with Crippen molar-refractivity contribution in [2.45, 2.75) is 6.54 Å². The van der Waals surface area contributed by atoms with E-state index in [1.54, 1.807) is 20.4 Å². The lowest BCUT2D eigenvalue weighted by atomic mass is 10.2. The smallest absolute Gasteiger partial charge is 0.213 e. The van der Waals surface area contributed by atoms with E-state index in [0.717, 1.165) is 21.5 Å². The molecule has 0 amide bonds. The number of benzene rings is 1. The van der Waals surface area contributed by atoms with E-state index < -0.39 is 0 Å². The van der Waals surface area contributed by atoms with Gasteiger partial charge in [0.25, 0.3) is 0 Å². The molecule has 1 aromatic heterocycles. The van der Waals surface area contributed by atoms with Crippen molar-refractivity contribution in [2.24, 2.45) is 0 Å². The van der Waals surface area contributed by atoms with E-state index in [0.29, 0.717) is 12.4 Å². The number of anilines is 1. The normalized spacial score (nSPS) is 10.1. The quantitative estimate of drug-likeness (QED) is 0.915. The molecule has 0 fully saturated rings. The zero-order valence-corrected chi connectivity index (χ0v) is 12.4. The lowest BCUT2D eigenvalue weighted by Gasteiger charge is -2.11. The van der Waals surface area contributed by atoms with Gasteiger partial charge in [-0.2, -0.15) is 0 Å². The largest absolute Gasteiger partial charge is 0.496 e. The summed E-state index contributed by atoms with van der Waals surface area (Å²) in [6.07, 6.45) is 1.74. The summed E-state index contributed by atoms with van der Waals surface area (Å²) in [4.78, 5) is 4.14. The third kappa shape index (κ3) is 3.61. The van der Waals surface area contributed by atoms with Crippen LogP contribution in [0.25, 0.3) is 0 Å². The first kappa shape index (κ1) is 13.7. The Morgan fingerprint density at radius 1 is 1.16 bits per heavy atom.